The molecule has 0 aliphatic rings. The zero-order chi connectivity index (χ0) is 9.26. The van der Waals surface area contributed by atoms with Gasteiger partial charge in [-0.3, -0.25) is 5.21 Å². The quantitative estimate of drug-likeness (QED) is 0.675. The Hall–Kier alpha value is -1.58. The summed E-state index contributed by atoms with van der Waals surface area (Å²) in [4.78, 5) is 0. The number of hydrogen-bond donors (Lipinski definition) is 1. The summed E-state index contributed by atoms with van der Waals surface area (Å²) in [6, 6.07) is 12.6. The Morgan fingerprint density at radius 3 is 2.46 bits per heavy atom. The molecule has 0 atom stereocenters. The molecule has 2 rings (SSSR count). The van der Waals surface area contributed by atoms with Crippen LogP contribution in [0.15, 0.2) is 42.5 Å². The highest BCUT2D eigenvalue weighted by atomic mass is 16.8. The number of anilines is 1. The first-order chi connectivity index (χ1) is 6.29. The van der Waals surface area contributed by atoms with Gasteiger partial charge >= 0.3 is 0 Å². The van der Waals surface area contributed by atoms with Gasteiger partial charge in [0.2, 0.25) is 0 Å². The lowest BCUT2D eigenvalue weighted by atomic mass is 10.1. The molecule has 0 radical (unpaired) electrons. The fourth-order valence-corrected chi connectivity index (χ4v) is 1.38. The molecule has 0 fully saturated rings. The molecule has 1 N–H and O–H groups in total. The number of fused-ring (bicyclic) bond motifs is 1. The number of benzene rings is 2. The van der Waals surface area contributed by atoms with Gasteiger partial charge in [-0.2, -0.15) is 0 Å². The molecule has 0 saturated carbocycles. The van der Waals surface area contributed by atoms with Crippen LogP contribution in [0.5, 0.6) is 0 Å². The maximum absolute atomic E-state index is 10.7. The lowest BCUT2D eigenvalue weighted by Gasteiger charge is -2.23. The molecule has 0 aliphatic carbocycles. The summed E-state index contributed by atoms with van der Waals surface area (Å²) in [7, 11) is 0. The zero-order valence-corrected chi connectivity index (χ0v) is 6.84. The fraction of sp³-hybridized carbons (Fsp3) is 0. The van der Waals surface area contributed by atoms with E-state index in [0.29, 0.717) is 0 Å². The summed E-state index contributed by atoms with van der Waals surface area (Å²) < 4.78 is 0. The van der Waals surface area contributed by atoms with Gasteiger partial charge in [0.15, 0.2) is 0 Å². The normalized spacial score (nSPS) is 10.3. The van der Waals surface area contributed by atoms with Crippen LogP contribution in [0.4, 0.5) is 5.69 Å². The van der Waals surface area contributed by atoms with E-state index in [1.54, 1.807) is 18.2 Å². The first-order valence-corrected chi connectivity index (χ1v) is 3.93. The minimum atomic E-state index is -0.109. The minimum Gasteiger partial charge on any atom is -0.733 e. The van der Waals surface area contributed by atoms with E-state index >= 15 is 0 Å². The van der Waals surface area contributed by atoms with Crippen molar-refractivity contribution in [1.82, 2.24) is 0 Å². The third-order valence-electron chi connectivity index (χ3n) is 1.97. The van der Waals surface area contributed by atoms with E-state index in [1.165, 1.54) is 0 Å². The second-order valence-corrected chi connectivity index (χ2v) is 2.77. The smallest absolute Gasteiger partial charge is 0.0587 e. The molecule has 3 heteroatoms. The molecular formula is C10H8NO2-. The first kappa shape index (κ1) is 8.04. The summed E-state index contributed by atoms with van der Waals surface area (Å²) in [5, 5.41) is 21.1. The molecule has 3 nitrogen and oxygen atoms in total. The van der Waals surface area contributed by atoms with E-state index in [0.717, 1.165) is 10.8 Å². The van der Waals surface area contributed by atoms with Gasteiger partial charge in [-0.1, -0.05) is 36.4 Å². The Kier molecular flexibility index (Phi) is 1.88. The van der Waals surface area contributed by atoms with Crippen LogP contribution in [0.3, 0.4) is 0 Å². The zero-order valence-electron chi connectivity index (χ0n) is 6.84. The van der Waals surface area contributed by atoms with E-state index in [9.17, 15) is 5.21 Å². The van der Waals surface area contributed by atoms with Gasteiger partial charge in [-0.05, 0) is 11.5 Å². The molecule has 2 aromatic rings. The number of nitrogens with zero attached hydrogens (tertiary/aromatic N) is 1. The average Bonchev–Trinajstić information content (AvgIpc) is 2.17. The number of hydrogen-bond acceptors (Lipinski definition) is 3. The molecule has 0 saturated heterocycles. The molecule has 66 valence electrons. The Morgan fingerprint density at radius 1 is 1.00 bits per heavy atom. The van der Waals surface area contributed by atoms with Crippen LogP contribution in [-0.2, 0) is 0 Å². The molecule has 0 spiro atoms. The van der Waals surface area contributed by atoms with Crippen molar-refractivity contribution in [3.05, 3.63) is 47.7 Å². The average molecular weight is 174 g/mol. The Bertz CT molecular complexity index is 421. The van der Waals surface area contributed by atoms with Crippen molar-refractivity contribution >= 4 is 16.5 Å². The maximum atomic E-state index is 10.7. The summed E-state index contributed by atoms with van der Waals surface area (Å²) >= 11 is 0. The van der Waals surface area contributed by atoms with E-state index in [-0.39, 0.29) is 10.9 Å². The molecule has 0 unspecified atom stereocenters. The van der Waals surface area contributed by atoms with E-state index in [2.05, 4.69) is 0 Å². The van der Waals surface area contributed by atoms with Gasteiger partial charge < -0.3 is 10.4 Å². The van der Waals surface area contributed by atoms with Crippen LogP contribution in [0, 0.1) is 5.21 Å². The van der Waals surface area contributed by atoms with Crippen molar-refractivity contribution in [3.63, 3.8) is 0 Å². The molecule has 0 heterocycles. The molecule has 2 aromatic carbocycles. The second kappa shape index (κ2) is 3.05. The van der Waals surface area contributed by atoms with E-state index in [1.807, 2.05) is 24.3 Å². The topological polar surface area (TPSA) is 46.5 Å². The Labute approximate surface area is 75.4 Å². The molecule has 13 heavy (non-hydrogen) atoms. The summed E-state index contributed by atoms with van der Waals surface area (Å²) in [5.41, 5.74) is 0.276. The van der Waals surface area contributed by atoms with E-state index < -0.39 is 0 Å². The Morgan fingerprint density at radius 2 is 1.69 bits per heavy atom. The predicted octanol–water partition coefficient (Wildman–Crippen LogP) is 2.53. The van der Waals surface area contributed by atoms with Crippen molar-refractivity contribution in [2.45, 2.75) is 0 Å². The van der Waals surface area contributed by atoms with Crippen molar-refractivity contribution in [2.75, 3.05) is 5.23 Å². The summed E-state index contributed by atoms with van der Waals surface area (Å²) in [5.74, 6) is 0. The van der Waals surface area contributed by atoms with Crippen LogP contribution in [0.25, 0.3) is 10.8 Å². The lowest BCUT2D eigenvalue weighted by Crippen LogP contribution is -2.07. The van der Waals surface area contributed by atoms with Crippen molar-refractivity contribution in [2.24, 2.45) is 0 Å². The standard InChI is InChI=1S/C10H8NO2/c12-11(13)10-7-3-5-8-4-1-2-6-9(8)10/h1-7,12H/q-1. The largest absolute Gasteiger partial charge is 0.733 e. The van der Waals surface area contributed by atoms with Gasteiger partial charge in [0.25, 0.3) is 0 Å². The Balaban J connectivity index is 2.76. The third kappa shape index (κ3) is 1.35. The molecule has 0 amide bonds. The van der Waals surface area contributed by atoms with Gasteiger partial charge in [-0.25, -0.2) is 0 Å². The van der Waals surface area contributed by atoms with Gasteiger partial charge in [0.1, 0.15) is 0 Å². The maximum Gasteiger partial charge on any atom is 0.0587 e. The minimum absolute atomic E-state index is 0.109. The lowest BCUT2D eigenvalue weighted by molar-refractivity contribution is 0.297. The second-order valence-electron chi connectivity index (χ2n) is 2.77. The molecule has 0 aromatic heterocycles. The highest BCUT2D eigenvalue weighted by Gasteiger charge is 1.98. The summed E-state index contributed by atoms with van der Waals surface area (Å²) in [6.45, 7) is 0. The van der Waals surface area contributed by atoms with Gasteiger partial charge in [-0.15, -0.1) is 0 Å². The molecule has 0 bridgehead atoms. The SMILES string of the molecule is [O-]N(O)c1cccc2ccccc12. The number of rotatable bonds is 1. The van der Waals surface area contributed by atoms with Crippen molar-refractivity contribution < 1.29 is 5.21 Å². The molecule has 0 aliphatic heterocycles. The molecular weight excluding hydrogens is 166 g/mol. The van der Waals surface area contributed by atoms with Crippen LogP contribution in [0.2, 0.25) is 0 Å². The highest BCUT2D eigenvalue weighted by Crippen LogP contribution is 2.24. The van der Waals surface area contributed by atoms with Crippen LogP contribution in [0.1, 0.15) is 0 Å². The highest BCUT2D eigenvalue weighted by molar-refractivity contribution is 5.93. The summed E-state index contributed by atoms with van der Waals surface area (Å²) in [6.07, 6.45) is 0. The van der Waals surface area contributed by atoms with Gasteiger partial charge in [0, 0.05) is 5.39 Å². The van der Waals surface area contributed by atoms with E-state index in [4.69, 9.17) is 5.21 Å². The van der Waals surface area contributed by atoms with Crippen molar-refractivity contribution in [3.8, 4) is 0 Å². The van der Waals surface area contributed by atoms with Crippen LogP contribution >= 0.6 is 0 Å². The van der Waals surface area contributed by atoms with Crippen molar-refractivity contribution in [1.29, 1.82) is 0 Å². The van der Waals surface area contributed by atoms with Crippen LogP contribution < -0.4 is 5.23 Å². The first-order valence-electron chi connectivity index (χ1n) is 3.93. The van der Waals surface area contributed by atoms with Gasteiger partial charge in [0.05, 0.1) is 5.69 Å². The van der Waals surface area contributed by atoms with Crippen LogP contribution in [-0.4, -0.2) is 5.21 Å². The fourth-order valence-electron chi connectivity index (χ4n) is 1.38. The predicted molar refractivity (Wildman–Crippen MR) is 51.6 cm³/mol. The third-order valence-corrected chi connectivity index (χ3v) is 1.97. The monoisotopic (exact) mass is 174 g/mol.